The molecule has 0 amide bonds. The van der Waals surface area contributed by atoms with Crippen molar-refractivity contribution in [2.24, 2.45) is 0 Å². The predicted octanol–water partition coefficient (Wildman–Crippen LogP) is 3.71. The van der Waals surface area contributed by atoms with Gasteiger partial charge in [0.1, 0.15) is 5.82 Å². The number of nitrogens with one attached hydrogen (secondary N) is 1. The summed E-state index contributed by atoms with van der Waals surface area (Å²) in [5.74, 6) is 1.22. The molecule has 2 rings (SSSR count). The van der Waals surface area contributed by atoms with E-state index >= 15 is 0 Å². The zero-order chi connectivity index (χ0) is 14.4. The van der Waals surface area contributed by atoms with Crippen LogP contribution in [0.15, 0.2) is 42.5 Å². The lowest BCUT2D eigenvalue weighted by molar-refractivity contribution is 0.354. The van der Waals surface area contributed by atoms with E-state index in [1.807, 2.05) is 18.2 Å². The van der Waals surface area contributed by atoms with Crippen LogP contribution in [-0.2, 0) is 13.1 Å². The molecule has 0 saturated carbocycles. The second kappa shape index (κ2) is 8.64. The van der Waals surface area contributed by atoms with Gasteiger partial charge in [-0.1, -0.05) is 18.2 Å². The topological polar surface area (TPSA) is 30.5 Å². The van der Waals surface area contributed by atoms with Gasteiger partial charge in [-0.25, -0.2) is 4.39 Å². The summed E-state index contributed by atoms with van der Waals surface area (Å²) in [7, 11) is 3.23. The first-order chi connectivity index (χ1) is 9.72. The van der Waals surface area contributed by atoms with Gasteiger partial charge in [0.25, 0.3) is 0 Å². The average Bonchev–Trinajstić information content (AvgIpc) is 2.49. The lowest BCUT2D eigenvalue weighted by Crippen LogP contribution is -2.12. The second-order valence-electron chi connectivity index (χ2n) is 4.42. The standard InChI is InChI=1S/C16H18FNO2.BrH/c1-19-15-8-5-13(9-16(15)20-2)11-18-10-12-3-6-14(17)7-4-12;/h3-9,18H,10-11H2,1-2H3;1H. The normalized spacial score (nSPS) is 9.86. The van der Waals surface area contributed by atoms with Crippen LogP contribution in [0.1, 0.15) is 11.1 Å². The Morgan fingerprint density at radius 3 is 2.05 bits per heavy atom. The molecule has 0 bridgehead atoms. The molecule has 114 valence electrons. The first-order valence-electron chi connectivity index (χ1n) is 6.39. The van der Waals surface area contributed by atoms with Crippen molar-refractivity contribution in [2.45, 2.75) is 13.1 Å². The fraction of sp³-hybridized carbons (Fsp3) is 0.250. The largest absolute Gasteiger partial charge is 0.493 e. The third-order valence-corrected chi connectivity index (χ3v) is 3.02. The van der Waals surface area contributed by atoms with E-state index < -0.39 is 0 Å². The molecule has 0 aromatic heterocycles. The summed E-state index contributed by atoms with van der Waals surface area (Å²) in [5.41, 5.74) is 2.15. The fourth-order valence-electron chi connectivity index (χ4n) is 1.94. The summed E-state index contributed by atoms with van der Waals surface area (Å²) in [6.07, 6.45) is 0. The smallest absolute Gasteiger partial charge is 0.161 e. The van der Waals surface area contributed by atoms with Gasteiger partial charge < -0.3 is 14.8 Å². The van der Waals surface area contributed by atoms with E-state index in [1.54, 1.807) is 26.4 Å². The number of hydrogen-bond acceptors (Lipinski definition) is 3. The zero-order valence-corrected chi connectivity index (χ0v) is 13.8. The van der Waals surface area contributed by atoms with E-state index in [0.29, 0.717) is 18.8 Å². The molecule has 0 aliphatic heterocycles. The minimum Gasteiger partial charge on any atom is -0.493 e. The highest BCUT2D eigenvalue weighted by Crippen LogP contribution is 2.27. The Kier molecular flexibility index (Phi) is 7.19. The van der Waals surface area contributed by atoms with Gasteiger partial charge in [-0.15, -0.1) is 17.0 Å². The Bertz CT molecular complexity index is 561. The molecule has 2 aromatic rings. The minimum absolute atomic E-state index is 0. The first kappa shape index (κ1) is 17.5. The lowest BCUT2D eigenvalue weighted by Gasteiger charge is -2.10. The molecule has 0 radical (unpaired) electrons. The SMILES string of the molecule is Br.COc1ccc(CNCc2ccc(F)cc2)cc1OC. The molecule has 0 aliphatic rings. The monoisotopic (exact) mass is 355 g/mol. The molecule has 0 spiro atoms. The van der Waals surface area contributed by atoms with Gasteiger partial charge in [0.2, 0.25) is 0 Å². The Hall–Kier alpha value is -1.59. The molecule has 2 aromatic carbocycles. The second-order valence-corrected chi connectivity index (χ2v) is 4.42. The molecular formula is C16H19BrFNO2. The summed E-state index contributed by atoms with van der Waals surface area (Å²) in [6, 6.07) is 12.3. The van der Waals surface area contributed by atoms with Crippen molar-refractivity contribution >= 4 is 17.0 Å². The first-order valence-corrected chi connectivity index (χ1v) is 6.39. The maximum atomic E-state index is 12.8. The van der Waals surface area contributed by atoms with Crippen LogP contribution in [0.5, 0.6) is 11.5 Å². The predicted molar refractivity (Wildman–Crippen MR) is 86.8 cm³/mol. The average molecular weight is 356 g/mol. The van der Waals surface area contributed by atoms with E-state index in [1.165, 1.54) is 12.1 Å². The van der Waals surface area contributed by atoms with Crippen molar-refractivity contribution in [3.63, 3.8) is 0 Å². The fourth-order valence-corrected chi connectivity index (χ4v) is 1.94. The summed E-state index contributed by atoms with van der Waals surface area (Å²) in [5, 5.41) is 3.31. The molecule has 0 aliphatic carbocycles. The van der Waals surface area contributed by atoms with Crippen LogP contribution in [0.25, 0.3) is 0 Å². The number of rotatable bonds is 6. The van der Waals surface area contributed by atoms with Crippen molar-refractivity contribution in [1.29, 1.82) is 0 Å². The van der Waals surface area contributed by atoms with Crippen LogP contribution in [-0.4, -0.2) is 14.2 Å². The molecule has 0 heterocycles. The van der Waals surface area contributed by atoms with Crippen molar-refractivity contribution in [3.05, 3.63) is 59.4 Å². The van der Waals surface area contributed by atoms with Gasteiger partial charge >= 0.3 is 0 Å². The van der Waals surface area contributed by atoms with Crippen LogP contribution in [0.2, 0.25) is 0 Å². The Morgan fingerprint density at radius 2 is 1.43 bits per heavy atom. The lowest BCUT2D eigenvalue weighted by atomic mass is 10.2. The van der Waals surface area contributed by atoms with E-state index in [-0.39, 0.29) is 22.8 Å². The van der Waals surface area contributed by atoms with Crippen LogP contribution < -0.4 is 14.8 Å². The van der Waals surface area contributed by atoms with Gasteiger partial charge in [0.15, 0.2) is 11.5 Å². The summed E-state index contributed by atoms with van der Waals surface area (Å²) in [4.78, 5) is 0. The molecule has 0 atom stereocenters. The molecule has 0 unspecified atom stereocenters. The molecular weight excluding hydrogens is 337 g/mol. The highest BCUT2D eigenvalue weighted by atomic mass is 79.9. The molecule has 5 heteroatoms. The van der Waals surface area contributed by atoms with Crippen molar-refractivity contribution < 1.29 is 13.9 Å². The Morgan fingerprint density at radius 1 is 0.857 bits per heavy atom. The van der Waals surface area contributed by atoms with E-state index in [4.69, 9.17) is 9.47 Å². The number of hydrogen-bond donors (Lipinski definition) is 1. The number of halogens is 2. The number of methoxy groups -OCH3 is 2. The summed E-state index contributed by atoms with van der Waals surface area (Å²) >= 11 is 0. The number of ether oxygens (including phenoxy) is 2. The Labute approximate surface area is 134 Å². The van der Waals surface area contributed by atoms with E-state index in [9.17, 15) is 4.39 Å². The molecule has 0 fully saturated rings. The highest BCUT2D eigenvalue weighted by Gasteiger charge is 2.04. The zero-order valence-electron chi connectivity index (χ0n) is 12.1. The number of benzene rings is 2. The quantitative estimate of drug-likeness (QED) is 0.856. The summed E-state index contributed by atoms with van der Waals surface area (Å²) in [6.45, 7) is 1.40. The molecule has 21 heavy (non-hydrogen) atoms. The maximum absolute atomic E-state index is 12.8. The van der Waals surface area contributed by atoms with Crippen LogP contribution in [0.4, 0.5) is 4.39 Å². The molecule has 3 nitrogen and oxygen atoms in total. The minimum atomic E-state index is -0.214. The van der Waals surface area contributed by atoms with Gasteiger partial charge in [-0.05, 0) is 35.4 Å². The van der Waals surface area contributed by atoms with Gasteiger partial charge in [-0.3, -0.25) is 0 Å². The summed E-state index contributed by atoms with van der Waals surface area (Å²) < 4.78 is 23.2. The van der Waals surface area contributed by atoms with Crippen molar-refractivity contribution in [1.82, 2.24) is 5.32 Å². The highest BCUT2D eigenvalue weighted by molar-refractivity contribution is 8.93. The third kappa shape index (κ3) is 5.02. The van der Waals surface area contributed by atoms with Crippen molar-refractivity contribution in [3.8, 4) is 11.5 Å². The van der Waals surface area contributed by atoms with Gasteiger partial charge in [0, 0.05) is 13.1 Å². The van der Waals surface area contributed by atoms with Crippen LogP contribution in [0.3, 0.4) is 0 Å². The molecule has 0 saturated heterocycles. The van der Waals surface area contributed by atoms with Crippen LogP contribution >= 0.6 is 17.0 Å². The van der Waals surface area contributed by atoms with Crippen molar-refractivity contribution in [2.75, 3.05) is 14.2 Å². The Balaban J connectivity index is 0.00000220. The van der Waals surface area contributed by atoms with Gasteiger partial charge in [0.05, 0.1) is 14.2 Å². The molecule has 1 N–H and O–H groups in total. The maximum Gasteiger partial charge on any atom is 0.161 e. The van der Waals surface area contributed by atoms with E-state index in [2.05, 4.69) is 5.32 Å². The van der Waals surface area contributed by atoms with Gasteiger partial charge in [-0.2, -0.15) is 0 Å². The van der Waals surface area contributed by atoms with Crippen LogP contribution in [0, 0.1) is 5.82 Å². The third-order valence-electron chi connectivity index (χ3n) is 3.02. The van der Waals surface area contributed by atoms with E-state index in [0.717, 1.165) is 16.9 Å².